The molecule has 3 aromatic rings. The van der Waals surface area contributed by atoms with Crippen LogP contribution in [0.5, 0.6) is 0 Å². The monoisotopic (exact) mass is 433 g/mol. The van der Waals surface area contributed by atoms with Crippen molar-refractivity contribution in [1.29, 1.82) is 0 Å². The van der Waals surface area contributed by atoms with Gasteiger partial charge in [-0.1, -0.05) is 0 Å². The molecular formula is C20H15F4N5O2. The molecule has 0 bridgehead atoms. The predicted molar refractivity (Wildman–Crippen MR) is 102 cm³/mol. The van der Waals surface area contributed by atoms with Gasteiger partial charge in [-0.25, -0.2) is 9.37 Å². The number of carbonyl (C=O) groups is 2. The van der Waals surface area contributed by atoms with E-state index in [1.807, 2.05) is 0 Å². The highest BCUT2D eigenvalue weighted by Gasteiger charge is 2.36. The molecule has 1 N–H and O–H groups in total. The maximum Gasteiger partial charge on any atom is 0.416 e. The van der Waals surface area contributed by atoms with Crippen molar-refractivity contribution >= 4 is 23.3 Å². The zero-order chi connectivity index (χ0) is 22.3. The van der Waals surface area contributed by atoms with E-state index in [0.29, 0.717) is 0 Å². The zero-order valence-corrected chi connectivity index (χ0v) is 16.0. The number of alkyl halides is 3. The summed E-state index contributed by atoms with van der Waals surface area (Å²) >= 11 is 0. The molecule has 7 nitrogen and oxygen atoms in total. The molecule has 1 aromatic carbocycles. The quantitative estimate of drug-likeness (QED) is 0.636. The van der Waals surface area contributed by atoms with Crippen LogP contribution in [0, 0.1) is 5.82 Å². The average Bonchev–Trinajstić information content (AvgIpc) is 3.18. The van der Waals surface area contributed by atoms with Crippen LogP contribution in [0.1, 0.15) is 39.4 Å². The van der Waals surface area contributed by atoms with Crippen molar-refractivity contribution in [2.75, 3.05) is 16.8 Å². The molecule has 0 spiro atoms. The number of nitrogens with one attached hydrogen (secondary N) is 1. The fourth-order valence-corrected chi connectivity index (χ4v) is 3.33. The van der Waals surface area contributed by atoms with Gasteiger partial charge in [0.2, 0.25) is 0 Å². The van der Waals surface area contributed by atoms with E-state index < -0.39 is 29.4 Å². The van der Waals surface area contributed by atoms with Crippen LogP contribution in [0.25, 0.3) is 0 Å². The number of halogens is 4. The third kappa shape index (κ3) is 3.74. The van der Waals surface area contributed by atoms with Crippen molar-refractivity contribution in [2.24, 2.45) is 0 Å². The minimum Gasteiger partial charge on any atom is -0.305 e. The Labute approximate surface area is 173 Å². The molecule has 4 rings (SSSR count). The van der Waals surface area contributed by atoms with Crippen molar-refractivity contribution in [3.8, 4) is 0 Å². The molecule has 0 saturated heterocycles. The molecular weight excluding hydrogens is 418 g/mol. The van der Waals surface area contributed by atoms with Crippen LogP contribution in [0.4, 0.5) is 29.1 Å². The number of fused-ring (bicyclic) bond motifs is 1. The highest BCUT2D eigenvalue weighted by molar-refractivity contribution is 6.15. The van der Waals surface area contributed by atoms with Gasteiger partial charge in [0.15, 0.2) is 11.6 Å². The van der Waals surface area contributed by atoms with E-state index in [-0.39, 0.29) is 35.3 Å². The van der Waals surface area contributed by atoms with E-state index in [1.165, 1.54) is 40.2 Å². The van der Waals surface area contributed by atoms with Crippen LogP contribution in [-0.4, -0.2) is 33.1 Å². The summed E-state index contributed by atoms with van der Waals surface area (Å²) in [5, 5.41) is 6.40. The Morgan fingerprint density at radius 2 is 1.90 bits per heavy atom. The number of hydrogen-bond acceptors (Lipinski definition) is 4. The molecule has 0 radical (unpaired) electrons. The fraction of sp³-hybridized carbons (Fsp3) is 0.200. The lowest BCUT2D eigenvalue weighted by atomic mass is 10.1. The first-order valence-corrected chi connectivity index (χ1v) is 9.15. The number of nitrogens with zero attached hydrogens (tertiary/aromatic N) is 4. The molecule has 2 amide bonds. The summed E-state index contributed by atoms with van der Waals surface area (Å²) in [6, 6.07) is 6.29. The predicted octanol–water partition coefficient (Wildman–Crippen LogP) is 3.91. The Morgan fingerprint density at radius 1 is 1.19 bits per heavy atom. The first kappa shape index (κ1) is 20.5. The Bertz CT molecular complexity index is 1160. The van der Waals surface area contributed by atoms with Gasteiger partial charge in [-0.15, -0.1) is 0 Å². The largest absolute Gasteiger partial charge is 0.416 e. The molecule has 0 unspecified atom stereocenters. The summed E-state index contributed by atoms with van der Waals surface area (Å²) in [6.07, 6.45) is -2.01. The minimum absolute atomic E-state index is 0.0486. The summed E-state index contributed by atoms with van der Waals surface area (Å²) in [6.45, 7) is 1.90. The van der Waals surface area contributed by atoms with Gasteiger partial charge >= 0.3 is 6.18 Å². The number of pyridine rings is 1. The van der Waals surface area contributed by atoms with Crippen molar-refractivity contribution in [1.82, 2.24) is 14.8 Å². The van der Waals surface area contributed by atoms with E-state index in [2.05, 4.69) is 15.4 Å². The Balaban J connectivity index is 1.66. The normalized spacial score (nSPS) is 16.2. The highest BCUT2D eigenvalue weighted by atomic mass is 19.4. The summed E-state index contributed by atoms with van der Waals surface area (Å²) in [4.78, 5) is 30.8. The van der Waals surface area contributed by atoms with Crippen molar-refractivity contribution < 1.29 is 27.2 Å². The number of hydrogen-bond donors (Lipinski definition) is 1. The molecule has 31 heavy (non-hydrogen) atoms. The molecule has 3 heterocycles. The van der Waals surface area contributed by atoms with Crippen molar-refractivity contribution in [3.05, 3.63) is 71.4 Å². The van der Waals surface area contributed by atoms with E-state index in [0.717, 1.165) is 18.2 Å². The van der Waals surface area contributed by atoms with Gasteiger partial charge in [0.1, 0.15) is 5.69 Å². The van der Waals surface area contributed by atoms with Gasteiger partial charge in [0, 0.05) is 18.4 Å². The summed E-state index contributed by atoms with van der Waals surface area (Å²) < 4.78 is 53.7. The van der Waals surface area contributed by atoms with Crippen LogP contribution in [0.2, 0.25) is 0 Å². The number of benzene rings is 1. The lowest BCUT2D eigenvalue weighted by Crippen LogP contribution is -2.43. The van der Waals surface area contributed by atoms with Gasteiger partial charge in [-0.2, -0.15) is 18.3 Å². The minimum atomic E-state index is -4.50. The van der Waals surface area contributed by atoms with Gasteiger partial charge in [-0.3, -0.25) is 14.3 Å². The first-order chi connectivity index (χ1) is 14.7. The molecule has 0 saturated carbocycles. The van der Waals surface area contributed by atoms with Gasteiger partial charge in [0.25, 0.3) is 11.8 Å². The van der Waals surface area contributed by atoms with Gasteiger partial charge in [-0.05, 0) is 43.3 Å². The number of rotatable bonds is 3. The second-order valence-corrected chi connectivity index (χ2v) is 6.95. The SMILES string of the molecule is C[C@H]1CN(c2ccc(C(F)(F)F)cc2)C(=O)c2c(C(=O)Nc3ncccc3F)cnn21. The van der Waals surface area contributed by atoms with E-state index in [9.17, 15) is 27.2 Å². The molecule has 1 aliphatic heterocycles. The molecule has 0 aliphatic carbocycles. The maximum absolute atomic E-state index is 13.8. The van der Waals surface area contributed by atoms with E-state index in [1.54, 1.807) is 6.92 Å². The van der Waals surface area contributed by atoms with Crippen LogP contribution in [-0.2, 0) is 6.18 Å². The molecule has 11 heteroatoms. The summed E-state index contributed by atoms with van der Waals surface area (Å²) in [7, 11) is 0. The lowest BCUT2D eigenvalue weighted by molar-refractivity contribution is -0.137. The topological polar surface area (TPSA) is 80.1 Å². The summed E-state index contributed by atoms with van der Waals surface area (Å²) in [5.74, 6) is -2.44. The molecule has 1 aliphatic rings. The average molecular weight is 433 g/mol. The number of amides is 2. The number of carbonyl (C=O) groups excluding carboxylic acids is 2. The first-order valence-electron chi connectivity index (χ1n) is 9.15. The fourth-order valence-electron chi connectivity index (χ4n) is 3.33. The van der Waals surface area contributed by atoms with E-state index >= 15 is 0 Å². The van der Waals surface area contributed by atoms with Crippen LogP contribution in [0.3, 0.4) is 0 Å². The Morgan fingerprint density at radius 3 is 2.55 bits per heavy atom. The lowest BCUT2D eigenvalue weighted by Gasteiger charge is -2.32. The maximum atomic E-state index is 13.8. The third-order valence-electron chi connectivity index (χ3n) is 4.85. The third-order valence-corrected chi connectivity index (χ3v) is 4.85. The van der Waals surface area contributed by atoms with Gasteiger partial charge in [0.05, 0.1) is 23.4 Å². The van der Waals surface area contributed by atoms with Gasteiger partial charge < -0.3 is 10.2 Å². The van der Waals surface area contributed by atoms with Crippen molar-refractivity contribution in [2.45, 2.75) is 19.1 Å². The standard InChI is InChI=1S/C20H15F4N5O2/c1-11-10-28(13-6-4-12(5-7-13)20(22,23)24)19(31)16-14(9-26-29(11)16)18(30)27-17-15(21)3-2-8-25-17/h2-9,11H,10H2,1H3,(H,25,27,30)/t11-/m0/s1. The highest BCUT2D eigenvalue weighted by Crippen LogP contribution is 2.33. The Hall–Kier alpha value is -3.76. The van der Waals surface area contributed by atoms with Crippen LogP contribution in [0.15, 0.2) is 48.8 Å². The zero-order valence-electron chi connectivity index (χ0n) is 16.0. The number of aromatic nitrogens is 3. The molecule has 1 atom stereocenters. The summed E-state index contributed by atoms with van der Waals surface area (Å²) in [5.41, 5.74) is -0.735. The van der Waals surface area contributed by atoms with Crippen LogP contribution < -0.4 is 10.2 Å². The number of anilines is 2. The molecule has 160 valence electrons. The van der Waals surface area contributed by atoms with Crippen LogP contribution >= 0.6 is 0 Å². The second kappa shape index (κ2) is 7.49. The van der Waals surface area contributed by atoms with E-state index in [4.69, 9.17) is 0 Å². The smallest absolute Gasteiger partial charge is 0.305 e. The van der Waals surface area contributed by atoms with Crippen molar-refractivity contribution in [3.63, 3.8) is 0 Å². The Kier molecular flexibility index (Phi) is 4.96. The second-order valence-electron chi connectivity index (χ2n) is 6.95. The molecule has 2 aromatic heterocycles. The molecule has 0 fully saturated rings.